The standard InChI is InChI=1S/C16H24O2/c1-6-7-8-12-15(11(4)5)13(10(2)3)9-14-16(12)18-17-14/h9-11H,6-8H2,1-5H3. The van der Waals surface area contributed by atoms with Crippen molar-refractivity contribution in [2.75, 3.05) is 0 Å². The summed E-state index contributed by atoms with van der Waals surface area (Å²) in [5, 5.41) is 0. The van der Waals surface area contributed by atoms with Gasteiger partial charge in [-0.2, -0.15) is 0 Å². The van der Waals surface area contributed by atoms with Gasteiger partial charge in [0.1, 0.15) is 0 Å². The van der Waals surface area contributed by atoms with Crippen LogP contribution in [0.4, 0.5) is 0 Å². The van der Waals surface area contributed by atoms with Crippen LogP contribution in [0.2, 0.25) is 0 Å². The summed E-state index contributed by atoms with van der Waals surface area (Å²) in [4.78, 5) is 0. The molecule has 0 amide bonds. The summed E-state index contributed by atoms with van der Waals surface area (Å²) in [6.07, 6.45) is 3.51. The molecule has 0 saturated carbocycles. The first-order chi connectivity index (χ1) is 8.56. The van der Waals surface area contributed by atoms with Crippen LogP contribution in [0.15, 0.2) is 15.2 Å². The van der Waals surface area contributed by atoms with Crippen molar-refractivity contribution in [1.82, 2.24) is 0 Å². The Bertz CT molecular complexity index is 514. The molecule has 2 aromatic rings. The Balaban J connectivity index is 2.58. The SMILES string of the molecule is CCCCc1c(C(C)C)c(C(C)C)cc2ooc12. The third kappa shape index (κ3) is 2.21. The second-order valence-corrected chi connectivity index (χ2v) is 5.76. The lowest BCUT2D eigenvalue weighted by molar-refractivity contribution is 0.0577. The smallest absolute Gasteiger partial charge is 0.229 e. The molecule has 0 fully saturated rings. The second-order valence-electron chi connectivity index (χ2n) is 5.76. The molecule has 0 aliphatic carbocycles. The van der Waals surface area contributed by atoms with Gasteiger partial charge in [-0.3, -0.25) is 9.15 Å². The van der Waals surface area contributed by atoms with Crippen molar-refractivity contribution in [2.45, 2.75) is 65.7 Å². The molecule has 0 bridgehead atoms. The predicted molar refractivity (Wildman–Crippen MR) is 75.3 cm³/mol. The summed E-state index contributed by atoms with van der Waals surface area (Å²) in [5.41, 5.74) is 6.17. The number of benzene rings is 1. The summed E-state index contributed by atoms with van der Waals surface area (Å²) in [6.45, 7) is 11.3. The van der Waals surface area contributed by atoms with Crippen LogP contribution in [-0.4, -0.2) is 0 Å². The Kier molecular flexibility index (Phi) is 3.84. The van der Waals surface area contributed by atoms with Crippen LogP contribution in [0.5, 0.6) is 0 Å². The number of unbranched alkanes of at least 4 members (excludes halogenated alkanes) is 1. The quantitative estimate of drug-likeness (QED) is 0.642. The first-order valence-electron chi connectivity index (χ1n) is 7.10. The van der Waals surface area contributed by atoms with E-state index >= 15 is 0 Å². The molecule has 2 nitrogen and oxygen atoms in total. The van der Waals surface area contributed by atoms with Gasteiger partial charge in [-0.05, 0) is 41.9 Å². The van der Waals surface area contributed by atoms with Crippen LogP contribution >= 0.6 is 0 Å². The number of hydrogen-bond donors (Lipinski definition) is 0. The topological polar surface area (TPSA) is 26.3 Å². The zero-order valence-corrected chi connectivity index (χ0v) is 12.2. The molecule has 0 atom stereocenters. The van der Waals surface area contributed by atoms with E-state index in [-0.39, 0.29) is 0 Å². The fourth-order valence-corrected chi connectivity index (χ4v) is 2.70. The Hall–Kier alpha value is -1.18. The van der Waals surface area contributed by atoms with Crippen LogP contribution in [0.3, 0.4) is 0 Å². The van der Waals surface area contributed by atoms with E-state index in [1.54, 1.807) is 0 Å². The van der Waals surface area contributed by atoms with Gasteiger partial charge in [0.2, 0.25) is 11.2 Å². The molecule has 1 aromatic heterocycles. The fraction of sp³-hybridized carbons (Fsp3) is 0.625. The van der Waals surface area contributed by atoms with Crippen LogP contribution in [0.25, 0.3) is 11.2 Å². The normalized spacial score (nSPS) is 12.2. The summed E-state index contributed by atoms with van der Waals surface area (Å²) in [5.74, 6) is 1.06. The maximum Gasteiger partial charge on any atom is 0.229 e. The van der Waals surface area contributed by atoms with Crippen molar-refractivity contribution >= 4 is 11.2 Å². The highest BCUT2D eigenvalue weighted by molar-refractivity contribution is 5.78. The fourth-order valence-electron chi connectivity index (χ4n) is 2.70. The lowest BCUT2D eigenvalue weighted by atomic mass is 9.84. The zero-order chi connectivity index (χ0) is 13.3. The van der Waals surface area contributed by atoms with Crippen LogP contribution in [-0.2, 0) is 6.42 Å². The molecular formula is C16H24O2. The van der Waals surface area contributed by atoms with Gasteiger partial charge in [0.25, 0.3) is 0 Å². The Morgan fingerprint density at radius 2 is 1.78 bits per heavy atom. The van der Waals surface area contributed by atoms with Gasteiger partial charge < -0.3 is 0 Å². The van der Waals surface area contributed by atoms with Gasteiger partial charge >= 0.3 is 0 Å². The molecule has 0 N–H and O–H groups in total. The molecule has 1 aromatic carbocycles. The van der Waals surface area contributed by atoms with Crippen molar-refractivity contribution < 1.29 is 9.15 Å². The molecule has 0 aliphatic rings. The minimum Gasteiger partial charge on any atom is -0.286 e. The molecular weight excluding hydrogens is 224 g/mol. The van der Waals surface area contributed by atoms with Gasteiger partial charge in [-0.25, -0.2) is 0 Å². The van der Waals surface area contributed by atoms with E-state index in [4.69, 9.17) is 9.15 Å². The third-order valence-corrected chi connectivity index (χ3v) is 3.62. The molecule has 0 aliphatic heterocycles. The van der Waals surface area contributed by atoms with E-state index in [2.05, 4.69) is 40.7 Å². The van der Waals surface area contributed by atoms with Crippen LogP contribution in [0, 0.1) is 0 Å². The Morgan fingerprint density at radius 1 is 1.06 bits per heavy atom. The molecule has 1 heterocycles. The zero-order valence-electron chi connectivity index (χ0n) is 12.2. The first kappa shape index (κ1) is 13.3. The first-order valence-corrected chi connectivity index (χ1v) is 7.10. The van der Waals surface area contributed by atoms with E-state index in [1.165, 1.54) is 29.5 Å². The molecule has 0 radical (unpaired) electrons. The van der Waals surface area contributed by atoms with Gasteiger partial charge in [0.15, 0.2) is 0 Å². The van der Waals surface area contributed by atoms with Crippen molar-refractivity contribution in [1.29, 1.82) is 0 Å². The van der Waals surface area contributed by atoms with E-state index in [1.807, 2.05) is 0 Å². The highest BCUT2D eigenvalue weighted by Crippen LogP contribution is 2.37. The summed E-state index contributed by atoms with van der Waals surface area (Å²) < 4.78 is 10.4. The molecule has 2 heteroatoms. The van der Waals surface area contributed by atoms with E-state index in [9.17, 15) is 0 Å². The molecule has 18 heavy (non-hydrogen) atoms. The maximum absolute atomic E-state index is 5.23. The molecule has 2 rings (SSSR count). The lowest BCUT2D eigenvalue weighted by Gasteiger charge is -2.21. The minimum absolute atomic E-state index is 0.525. The minimum atomic E-state index is 0.525. The largest absolute Gasteiger partial charge is 0.286 e. The van der Waals surface area contributed by atoms with Crippen molar-refractivity contribution in [3.05, 3.63) is 22.8 Å². The Morgan fingerprint density at radius 3 is 2.22 bits per heavy atom. The number of aryl methyl sites for hydroxylation is 1. The third-order valence-electron chi connectivity index (χ3n) is 3.62. The average molecular weight is 248 g/mol. The molecule has 0 spiro atoms. The summed E-state index contributed by atoms with van der Waals surface area (Å²) >= 11 is 0. The highest BCUT2D eigenvalue weighted by atomic mass is 17.0. The summed E-state index contributed by atoms with van der Waals surface area (Å²) in [7, 11) is 0. The van der Waals surface area contributed by atoms with Gasteiger partial charge in [-0.1, -0.05) is 41.0 Å². The van der Waals surface area contributed by atoms with Crippen molar-refractivity contribution in [2.24, 2.45) is 0 Å². The maximum atomic E-state index is 5.23. The van der Waals surface area contributed by atoms with E-state index in [0.717, 1.165) is 17.6 Å². The van der Waals surface area contributed by atoms with Crippen molar-refractivity contribution in [3.63, 3.8) is 0 Å². The molecule has 0 unspecified atom stereocenters. The number of rotatable bonds is 5. The van der Waals surface area contributed by atoms with Gasteiger partial charge in [0.05, 0.1) is 0 Å². The summed E-state index contributed by atoms with van der Waals surface area (Å²) in [6, 6.07) is 2.16. The monoisotopic (exact) mass is 248 g/mol. The van der Waals surface area contributed by atoms with Crippen LogP contribution in [0.1, 0.15) is 76.0 Å². The highest BCUT2D eigenvalue weighted by Gasteiger charge is 2.22. The Labute approximate surface area is 109 Å². The van der Waals surface area contributed by atoms with E-state index < -0.39 is 0 Å². The second kappa shape index (κ2) is 5.21. The van der Waals surface area contributed by atoms with Crippen molar-refractivity contribution in [3.8, 4) is 0 Å². The van der Waals surface area contributed by atoms with Gasteiger partial charge in [0, 0.05) is 5.56 Å². The average Bonchev–Trinajstić information content (AvgIpc) is 2.26. The predicted octanol–water partition coefficient (Wildman–Crippen LogP) is 5.62. The lowest BCUT2D eigenvalue weighted by Crippen LogP contribution is -2.06. The van der Waals surface area contributed by atoms with Gasteiger partial charge in [-0.15, -0.1) is 0 Å². The molecule has 100 valence electrons. The van der Waals surface area contributed by atoms with E-state index in [0.29, 0.717) is 11.8 Å². The molecule has 0 saturated heterocycles. The van der Waals surface area contributed by atoms with Crippen LogP contribution < -0.4 is 0 Å². The number of fused-ring (bicyclic) bond motifs is 1. The number of hydrogen-bond acceptors (Lipinski definition) is 2.